The molecule has 1 fully saturated rings. The predicted octanol–water partition coefficient (Wildman–Crippen LogP) is 1.63. The van der Waals surface area contributed by atoms with Gasteiger partial charge in [0.25, 0.3) is 0 Å². The molecule has 0 amide bonds. The van der Waals surface area contributed by atoms with Crippen LogP contribution in [0.4, 0.5) is 0 Å². The molecule has 4 nitrogen and oxygen atoms in total. The van der Waals surface area contributed by atoms with Gasteiger partial charge in [0, 0.05) is 44.7 Å². The molecule has 0 aromatic carbocycles. The maximum absolute atomic E-state index is 11.1. The molecule has 88 valence electrons. The minimum Gasteiger partial charge on any atom is -0.300 e. The smallest absolute Gasteiger partial charge is 0.135 e. The molecule has 0 bridgehead atoms. The average Bonchev–Trinajstić information content (AvgIpc) is 2.70. The van der Waals surface area contributed by atoms with Crippen LogP contribution in [0.15, 0.2) is 12.3 Å². The van der Waals surface area contributed by atoms with E-state index >= 15 is 0 Å². The molecule has 0 spiro atoms. The number of carbonyl (C=O) groups is 1. The second-order valence-corrected chi connectivity index (χ2v) is 4.70. The number of hydrogen-bond acceptors (Lipinski definition) is 3. The fraction of sp³-hybridized carbons (Fsp3) is 0.667. The normalized spacial score (nSPS) is 18.3. The third-order valence-corrected chi connectivity index (χ3v) is 2.99. The van der Waals surface area contributed by atoms with Gasteiger partial charge in [0.2, 0.25) is 0 Å². The summed E-state index contributed by atoms with van der Waals surface area (Å²) in [5.74, 6) is 0.393. The first-order valence-corrected chi connectivity index (χ1v) is 5.93. The van der Waals surface area contributed by atoms with Crippen LogP contribution in [0, 0.1) is 0 Å². The van der Waals surface area contributed by atoms with E-state index in [-0.39, 0.29) is 0 Å². The fourth-order valence-electron chi connectivity index (χ4n) is 1.94. The second kappa shape index (κ2) is 4.78. The molecule has 4 heteroatoms. The van der Waals surface area contributed by atoms with Crippen LogP contribution in [0.5, 0.6) is 0 Å². The lowest BCUT2D eigenvalue weighted by Gasteiger charge is -2.24. The zero-order valence-electron chi connectivity index (χ0n) is 10.0. The van der Waals surface area contributed by atoms with Crippen molar-refractivity contribution in [1.29, 1.82) is 0 Å². The van der Waals surface area contributed by atoms with Crippen molar-refractivity contribution in [2.24, 2.45) is 0 Å². The van der Waals surface area contributed by atoms with Gasteiger partial charge < -0.3 is 0 Å². The minimum absolute atomic E-state index is 0.393. The van der Waals surface area contributed by atoms with Crippen molar-refractivity contribution in [2.75, 3.05) is 13.1 Å². The van der Waals surface area contributed by atoms with Crippen LogP contribution in [-0.4, -0.2) is 33.6 Å². The van der Waals surface area contributed by atoms with Crippen molar-refractivity contribution in [3.63, 3.8) is 0 Å². The molecule has 0 radical (unpaired) electrons. The first kappa shape index (κ1) is 11.3. The number of hydrogen-bond donors (Lipinski definition) is 0. The van der Waals surface area contributed by atoms with Crippen LogP contribution < -0.4 is 0 Å². The zero-order chi connectivity index (χ0) is 11.5. The summed E-state index contributed by atoms with van der Waals surface area (Å²) in [4.78, 5) is 13.4. The standard InChI is InChI=1S/C12H19N3O/c1-10(2)15-8-3-11(13-15)9-14-6-4-12(16)5-7-14/h3,8,10H,4-7,9H2,1-2H3. The molecule has 1 aliphatic rings. The fourth-order valence-corrected chi connectivity index (χ4v) is 1.94. The SMILES string of the molecule is CC(C)n1ccc(CN2CCC(=O)CC2)n1. The van der Waals surface area contributed by atoms with Gasteiger partial charge in [0.15, 0.2) is 0 Å². The van der Waals surface area contributed by atoms with E-state index in [4.69, 9.17) is 0 Å². The number of carbonyl (C=O) groups excluding carboxylic acids is 1. The monoisotopic (exact) mass is 221 g/mol. The summed E-state index contributed by atoms with van der Waals surface area (Å²) >= 11 is 0. The molecule has 0 aliphatic carbocycles. The van der Waals surface area contributed by atoms with Gasteiger partial charge >= 0.3 is 0 Å². The number of ketones is 1. The van der Waals surface area contributed by atoms with Crippen LogP contribution in [0.2, 0.25) is 0 Å². The highest BCUT2D eigenvalue weighted by atomic mass is 16.1. The quantitative estimate of drug-likeness (QED) is 0.778. The molecule has 2 heterocycles. The van der Waals surface area contributed by atoms with E-state index in [0.29, 0.717) is 24.7 Å². The molecule has 1 aliphatic heterocycles. The first-order valence-electron chi connectivity index (χ1n) is 5.93. The van der Waals surface area contributed by atoms with Crippen molar-refractivity contribution in [3.05, 3.63) is 18.0 Å². The number of aromatic nitrogens is 2. The Labute approximate surface area is 96.2 Å². The third kappa shape index (κ3) is 2.70. The summed E-state index contributed by atoms with van der Waals surface area (Å²) in [6.45, 7) is 6.88. The lowest BCUT2D eigenvalue weighted by molar-refractivity contribution is -0.121. The van der Waals surface area contributed by atoms with Gasteiger partial charge in [0.1, 0.15) is 5.78 Å². The van der Waals surface area contributed by atoms with Crippen LogP contribution >= 0.6 is 0 Å². The molecule has 0 N–H and O–H groups in total. The first-order chi connectivity index (χ1) is 7.65. The number of likely N-dealkylation sites (tertiary alicyclic amines) is 1. The van der Waals surface area contributed by atoms with Crippen molar-refractivity contribution >= 4 is 5.78 Å². The Bertz CT molecular complexity index is 360. The molecular formula is C12H19N3O. The van der Waals surface area contributed by atoms with Crippen LogP contribution in [0.3, 0.4) is 0 Å². The van der Waals surface area contributed by atoms with Crippen molar-refractivity contribution < 1.29 is 4.79 Å². The molecule has 0 unspecified atom stereocenters. The van der Waals surface area contributed by atoms with Gasteiger partial charge in [-0.3, -0.25) is 14.4 Å². The number of nitrogens with zero attached hydrogens (tertiary/aromatic N) is 3. The van der Waals surface area contributed by atoms with E-state index in [1.807, 2.05) is 10.9 Å². The van der Waals surface area contributed by atoms with E-state index in [0.717, 1.165) is 25.3 Å². The largest absolute Gasteiger partial charge is 0.300 e. The van der Waals surface area contributed by atoms with Crippen LogP contribution in [-0.2, 0) is 11.3 Å². The maximum atomic E-state index is 11.1. The highest BCUT2D eigenvalue weighted by Crippen LogP contribution is 2.11. The van der Waals surface area contributed by atoms with E-state index in [1.54, 1.807) is 0 Å². The summed E-state index contributed by atoms with van der Waals surface area (Å²) in [5, 5.41) is 4.51. The highest BCUT2D eigenvalue weighted by Gasteiger charge is 2.16. The van der Waals surface area contributed by atoms with Gasteiger partial charge in [-0.1, -0.05) is 0 Å². The Balaban J connectivity index is 1.91. The van der Waals surface area contributed by atoms with Gasteiger partial charge in [0.05, 0.1) is 5.69 Å². The predicted molar refractivity (Wildman–Crippen MR) is 62.1 cm³/mol. The Kier molecular flexibility index (Phi) is 3.39. The van der Waals surface area contributed by atoms with Crippen LogP contribution in [0.1, 0.15) is 38.4 Å². The van der Waals surface area contributed by atoms with Crippen LogP contribution in [0.25, 0.3) is 0 Å². The Morgan fingerprint density at radius 2 is 2.06 bits per heavy atom. The second-order valence-electron chi connectivity index (χ2n) is 4.70. The van der Waals surface area contributed by atoms with E-state index in [2.05, 4.69) is 29.9 Å². The van der Waals surface area contributed by atoms with Crippen molar-refractivity contribution in [3.8, 4) is 0 Å². The van der Waals surface area contributed by atoms with E-state index in [9.17, 15) is 4.79 Å². The van der Waals surface area contributed by atoms with Crippen molar-refractivity contribution in [2.45, 2.75) is 39.3 Å². The molecule has 1 aromatic rings. The van der Waals surface area contributed by atoms with Gasteiger partial charge in [-0.25, -0.2) is 0 Å². The molecular weight excluding hydrogens is 202 g/mol. The summed E-state index contributed by atoms with van der Waals surface area (Å²) in [6.07, 6.45) is 3.42. The molecule has 0 atom stereocenters. The lowest BCUT2D eigenvalue weighted by atomic mass is 10.1. The van der Waals surface area contributed by atoms with Gasteiger partial charge in [-0.05, 0) is 19.9 Å². The number of piperidine rings is 1. The average molecular weight is 221 g/mol. The minimum atomic E-state index is 0.393. The Morgan fingerprint density at radius 1 is 1.38 bits per heavy atom. The molecule has 1 saturated heterocycles. The summed E-state index contributed by atoms with van der Waals surface area (Å²) < 4.78 is 1.98. The van der Waals surface area contributed by atoms with E-state index < -0.39 is 0 Å². The summed E-state index contributed by atoms with van der Waals surface area (Å²) in [5.41, 5.74) is 1.10. The number of Topliss-reactive ketones (excluding diaryl/α,β-unsaturated/α-hetero) is 1. The third-order valence-electron chi connectivity index (χ3n) is 2.99. The number of rotatable bonds is 3. The Morgan fingerprint density at radius 3 is 2.62 bits per heavy atom. The van der Waals surface area contributed by atoms with E-state index in [1.165, 1.54) is 0 Å². The lowest BCUT2D eigenvalue weighted by Crippen LogP contribution is -2.33. The van der Waals surface area contributed by atoms with Crippen molar-refractivity contribution in [1.82, 2.24) is 14.7 Å². The topological polar surface area (TPSA) is 38.1 Å². The van der Waals surface area contributed by atoms with Gasteiger partial charge in [-0.2, -0.15) is 5.10 Å². The molecule has 1 aromatic heterocycles. The molecule has 0 saturated carbocycles. The summed E-state index contributed by atoms with van der Waals surface area (Å²) in [6, 6.07) is 2.48. The summed E-state index contributed by atoms with van der Waals surface area (Å²) in [7, 11) is 0. The highest BCUT2D eigenvalue weighted by molar-refractivity contribution is 5.79. The van der Waals surface area contributed by atoms with Gasteiger partial charge in [-0.15, -0.1) is 0 Å². The zero-order valence-corrected chi connectivity index (χ0v) is 10.0. The Hall–Kier alpha value is -1.16. The molecule has 16 heavy (non-hydrogen) atoms. The molecule has 2 rings (SSSR count). The maximum Gasteiger partial charge on any atom is 0.135 e.